The fourth-order valence-corrected chi connectivity index (χ4v) is 7.04. The summed E-state index contributed by atoms with van der Waals surface area (Å²) in [5.74, 6) is -2.88. The van der Waals surface area contributed by atoms with Crippen molar-refractivity contribution >= 4 is 29.4 Å². The first kappa shape index (κ1) is 29.1. The number of fused-ring (bicyclic) bond motifs is 2. The summed E-state index contributed by atoms with van der Waals surface area (Å²) in [5.41, 5.74) is 2.29. The molecule has 12 heteroatoms. The number of hydrogen-bond acceptors (Lipinski definition) is 5. The number of ether oxygens (including phenoxy) is 1. The Hall–Kier alpha value is -3.99. The number of halogens is 3. The van der Waals surface area contributed by atoms with Gasteiger partial charge >= 0.3 is 5.97 Å². The largest absolute Gasteiger partial charge is 0.487 e. The van der Waals surface area contributed by atoms with E-state index in [1.807, 2.05) is 12.1 Å². The summed E-state index contributed by atoms with van der Waals surface area (Å²) in [6.45, 7) is 0.170. The van der Waals surface area contributed by atoms with Crippen molar-refractivity contribution in [3.63, 3.8) is 0 Å². The average Bonchev–Trinajstić information content (AvgIpc) is 3.55. The SMILES string of the molecule is Cn1cnc(COc2ccc(Cl)c3c2C(N2Cc4ccccc4C2=O)N(C(=O)[C@@H]2CCCCC2C(=O)O)CC3)c1C(F)F. The van der Waals surface area contributed by atoms with E-state index in [9.17, 15) is 28.3 Å². The molecule has 3 aliphatic rings. The summed E-state index contributed by atoms with van der Waals surface area (Å²) in [6, 6.07) is 10.5. The summed E-state index contributed by atoms with van der Waals surface area (Å²) in [7, 11) is 1.48. The Labute approximate surface area is 252 Å². The van der Waals surface area contributed by atoms with Crippen LogP contribution in [-0.4, -0.2) is 48.8 Å². The van der Waals surface area contributed by atoms with E-state index < -0.39 is 30.4 Å². The normalized spacial score (nSPS) is 21.6. The number of nitrogens with zero attached hydrogens (tertiary/aromatic N) is 4. The first-order chi connectivity index (χ1) is 20.7. The molecule has 1 aliphatic carbocycles. The Balaban J connectivity index is 1.43. The second-order valence-electron chi connectivity index (χ2n) is 11.3. The number of rotatable bonds is 7. The lowest BCUT2D eigenvalue weighted by Gasteiger charge is -2.45. The highest BCUT2D eigenvalue weighted by molar-refractivity contribution is 6.31. The van der Waals surface area contributed by atoms with Gasteiger partial charge in [0.25, 0.3) is 12.3 Å². The minimum Gasteiger partial charge on any atom is -0.487 e. The van der Waals surface area contributed by atoms with Gasteiger partial charge in [0, 0.05) is 36.3 Å². The third-order valence-electron chi connectivity index (χ3n) is 8.88. The maximum Gasteiger partial charge on any atom is 0.307 e. The Kier molecular flexibility index (Phi) is 7.85. The van der Waals surface area contributed by atoms with E-state index in [0.717, 1.165) is 18.4 Å². The van der Waals surface area contributed by atoms with Crippen molar-refractivity contribution in [1.29, 1.82) is 0 Å². The van der Waals surface area contributed by atoms with E-state index >= 15 is 0 Å². The number of aryl methyl sites for hydroxylation is 1. The van der Waals surface area contributed by atoms with Crippen LogP contribution < -0.4 is 4.74 Å². The smallest absolute Gasteiger partial charge is 0.307 e. The van der Waals surface area contributed by atoms with Crippen LogP contribution in [0.1, 0.15) is 76.7 Å². The van der Waals surface area contributed by atoms with Crippen molar-refractivity contribution < 1.29 is 33.0 Å². The van der Waals surface area contributed by atoms with E-state index in [0.29, 0.717) is 41.0 Å². The number of carboxylic acids is 1. The summed E-state index contributed by atoms with van der Waals surface area (Å²) < 4.78 is 34.9. The number of hydrogen-bond donors (Lipinski definition) is 1. The number of alkyl halides is 2. The first-order valence-electron chi connectivity index (χ1n) is 14.3. The van der Waals surface area contributed by atoms with Crippen LogP contribution in [0.5, 0.6) is 5.75 Å². The van der Waals surface area contributed by atoms with Gasteiger partial charge in [-0.15, -0.1) is 0 Å². The number of aliphatic carboxylic acids is 1. The Morgan fingerprint density at radius 1 is 1.14 bits per heavy atom. The van der Waals surface area contributed by atoms with Crippen molar-refractivity contribution in [2.45, 2.75) is 57.8 Å². The van der Waals surface area contributed by atoms with E-state index in [1.54, 1.807) is 34.1 Å². The molecular weight excluding hydrogens is 582 g/mol. The molecule has 6 rings (SSSR count). The number of carboxylic acid groups (broad SMARTS) is 1. The molecular formula is C31H31ClF2N4O5. The van der Waals surface area contributed by atoms with Gasteiger partial charge in [0.2, 0.25) is 5.91 Å². The summed E-state index contributed by atoms with van der Waals surface area (Å²) in [4.78, 5) is 47.5. The summed E-state index contributed by atoms with van der Waals surface area (Å²) in [5, 5.41) is 10.4. The molecule has 1 aromatic heterocycles. The third-order valence-corrected chi connectivity index (χ3v) is 9.23. The minimum atomic E-state index is -2.76. The standard InChI is InChI=1S/C31H31ClF2N4O5/c1-36-16-35-23(26(36)27(33)34)15-43-24-11-10-22(32)21-12-13-37(30(40)19-8-4-5-9-20(19)31(41)42)28(25(21)24)38-14-17-6-2-3-7-18(17)29(38)39/h2-3,6-7,10-11,16,19-20,27-28H,4-5,8-9,12-15H2,1H3,(H,41,42)/t19-,20?,28?/m1/s1. The van der Waals surface area contributed by atoms with Crippen molar-refractivity contribution in [1.82, 2.24) is 19.4 Å². The minimum absolute atomic E-state index is 0.0673. The number of benzene rings is 2. The molecule has 1 N–H and O–H groups in total. The van der Waals surface area contributed by atoms with E-state index in [4.69, 9.17) is 16.3 Å². The van der Waals surface area contributed by atoms with Gasteiger partial charge < -0.3 is 24.2 Å². The predicted octanol–water partition coefficient (Wildman–Crippen LogP) is 5.52. The van der Waals surface area contributed by atoms with E-state index in [-0.39, 0.29) is 48.6 Å². The van der Waals surface area contributed by atoms with Crippen LogP contribution in [0.3, 0.4) is 0 Å². The van der Waals surface area contributed by atoms with E-state index in [1.165, 1.54) is 17.9 Å². The van der Waals surface area contributed by atoms with Crippen molar-refractivity contribution in [2.75, 3.05) is 6.54 Å². The lowest BCUT2D eigenvalue weighted by Crippen LogP contribution is -2.52. The molecule has 1 fully saturated rings. The van der Waals surface area contributed by atoms with Gasteiger partial charge in [0.1, 0.15) is 29.9 Å². The zero-order chi connectivity index (χ0) is 30.4. The van der Waals surface area contributed by atoms with Crippen LogP contribution in [0.15, 0.2) is 42.7 Å². The zero-order valence-corrected chi connectivity index (χ0v) is 24.3. The lowest BCUT2D eigenvalue weighted by atomic mass is 9.78. The summed E-state index contributed by atoms with van der Waals surface area (Å²) >= 11 is 6.68. The summed E-state index contributed by atoms with van der Waals surface area (Å²) in [6.07, 6.45) is 0.252. The van der Waals surface area contributed by atoms with Crippen LogP contribution in [0, 0.1) is 11.8 Å². The molecule has 0 radical (unpaired) electrons. The van der Waals surface area contributed by atoms with Gasteiger partial charge in [-0.2, -0.15) is 0 Å². The number of amides is 2. The number of carbonyl (C=O) groups is 3. The molecule has 0 saturated heterocycles. The van der Waals surface area contributed by atoms with E-state index in [2.05, 4.69) is 4.98 Å². The van der Waals surface area contributed by atoms with Crippen LogP contribution in [-0.2, 0) is 36.2 Å². The maximum absolute atomic E-state index is 14.3. The van der Waals surface area contributed by atoms with Gasteiger partial charge in [-0.1, -0.05) is 42.6 Å². The Morgan fingerprint density at radius 2 is 1.88 bits per heavy atom. The molecule has 2 aliphatic heterocycles. The van der Waals surface area contributed by atoms with Crippen molar-refractivity contribution in [2.24, 2.45) is 18.9 Å². The number of imidazole rings is 1. The fraction of sp³-hybridized carbons (Fsp3) is 0.419. The highest BCUT2D eigenvalue weighted by Gasteiger charge is 2.47. The van der Waals surface area contributed by atoms with Gasteiger partial charge in [0.05, 0.1) is 18.2 Å². The second-order valence-corrected chi connectivity index (χ2v) is 11.7. The highest BCUT2D eigenvalue weighted by atomic mass is 35.5. The number of carbonyl (C=O) groups excluding carboxylic acids is 2. The molecule has 43 heavy (non-hydrogen) atoms. The molecule has 2 unspecified atom stereocenters. The molecule has 3 atom stereocenters. The molecule has 2 aromatic carbocycles. The first-order valence-corrected chi connectivity index (χ1v) is 14.7. The second kappa shape index (κ2) is 11.6. The highest BCUT2D eigenvalue weighted by Crippen LogP contribution is 2.46. The van der Waals surface area contributed by atoms with Gasteiger partial charge in [-0.05, 0) is 48.6 Å². The van der Waals surface area contributed by atoms with Crippen LogP contribution in [0.25, 0.3) is 0 Å². The molecule has 3 aromatic rings. The molecule has 2 amide bonds. The molecule has 1 saturated carbocycles. The molecule has 226 valence electrons. The predicted molar refractivity (Wildman–Crippen MR) is 152 cm³/mol. The quantitative estimate of drug-likeness (QED) is 0.377. The maximum atomic E-state index is 14.3. The molecule has 9 nitrogen and oxygen atoms in total. The van der Waals surface area contributed by atoms with Gasteiger partial charge in [-0.3, -0.25) is 14.4 Å². The number of aromatic nitrogens is 2. The third kappa shape index (κ3) is 5.13. The average molecular weight is 613 g/mol. The lowest BCUT2D eigenvalue weighted by molar-refractivity contribution is -0.155. The van der Waals surface area contributed by atoms with Crippen LogP contribution >= 0.6 is 11.6 Å². The van der Waals surface area contributed by atoms with Crippen LogP contribution in [0.2, 0.25) is 5.02 Å². The Bertz CT molecular complexity index is 1590. The van der Waals surface area contributed by atoms with Gasteiger partial charge in [-0.25, -0.2) is 13.8 Å². The molecule has 0 spiro atoms. The van der Waals surface area contributed by atoms with Gasteiger partial charge in [0.15, 0.2) is 0 Å². The molecule has 3 heterocycles. The van der Waals surface area contributed by atoms with Crippen LogP contribution in [0.4, 0.5) is 8.78 Å². The topological polar surface area (TPSA) is 105 Å². The Morgan fingerprint density at radius 3 is 2.60 bits per heavy atom. The van der Waals surface area contributed by atoms with Crippen molar-refractivity contribution in [3.05, 3.63) is 81.4 Å². The zero-order valence-electron chi connectivity index (χ0n) is 23.5. The van der Waals surface area contributed by atoms with Crippen molar-refractivity contribution in [3.8, 4) is 5.75 Å². The monoisotopic (exact) mass is 612 g/mol. The molecule has 0 bridgehead atoms. The fourth-order valence-electron chi connectivity index (χ4n) is 6.78.